The lowest BCUT2D eigenvalue weighted by atomic mass is 10.2. The lowest BCUT2D eigenvalue weighted by molar-refractivity contribution is 0.581. The Bertz CT molecular complexity index is 692. The molecule has 7 heteroatoms. The van der Waals surface area contributed by atoms with Gasteiger partial charge in [-0.3, -0.25) is 0 Å². The van der Waals surface area contributed by atoms with Gasteiger partial charge in [-0.15, -0.1) is 0 Å². The zero-order valence-corrected chi connectivity index (χ0v) is 12.8. The first kappa shape index (κ1) is 14.5. The fourth-order valence-corrected chi connectivity index (χ4v) is 3.39. The fourth-order valence-electron chi connectivity index (χ4n) is 1.47. The molecular formula is C12H10BrClN2O2S. The van der Waals surface area contributed by atoms with E-state index in [0.29, 0.717) is 0 Å². The molecular weight excluding hydrogens is 352 g/mol. The van der Waals surface area contributed by atoms with E-state index in [9.17, 15) is 8.42 Å². The number of halogens is 2. The fraction of sp³-hybridized carbons (Fsp3) is 0.0833. The number of hydrogen-bond donors (Lipinski definition) is 1. The minimum atomic E-state index is -3.66. The van der Waals surface area contributed by atoms with Crippen LogP contribution in [0.4, 0.5) is 0 Å². The van der Waals surface area contributed by atoms with Crippen LogP contribution >= 0.6 is 27.5 Å². The number of hydrogen-bond acceptors (Lipinski definition) is 3. The van der Waals surface area contributed by atoms with Crippen molar-refractivity contribution in [1.29, 1.82) is 0 Å². The summed E-state index contributed by atoms with van der Waals surface area (Å²) in [5, 5.41) is -0.0377. The SMILES string of the molecule is O=S(=O)(NCc1cccc(Br)c1)c1cccnc1Cl. The van der Waals surface area contributed by atoms with Crippen LogP contribution in [-0.2, 0) is 16.6 Å². The van der Waals surface area contributed by atoms with Gasteiger partial charge in [0, 0.05) is 17.2 Å². The maximum Gasteiger partial charge on any atom is 0.243 e. The van der Waals surface area contributed by atoms with E-state index in [1.807, 2.05) is 24.3 Å². The van der Waals surface area contributed by atoms with Crippen LogP contribution < -0.4 is 4.72 Å². The predicted octanol–water partition coefficient (Wildman–Crippen LogP) is 2.98. The van der Waals surface area contributed by atoms with Crippen LogP contribution in [0, 0.1) is 0 Å². The van der Waals surface area contributed by atoms with Crippen LogP contribution in [0.5, 0.6) is 0 Å². The standard InChI is InChI=1S/C12H10BrClN2O2S/c13-10-4-1-3-9(7-10)8-16-19(17,18)11-5-2-6-15-12(11)14/h1-7,16H,8H2. The third-order valence-electron chi connectivity index (χ3n) is 2.37. The molecule has 0 radical (unpaired) electrons. The van der Waals surface area contributed by atoms with Crippen molar-refractivity contribution in [3.8, 4) is 0 Å². The average Bonchev–Trinajstić information content (AvgIpc) is 2.37. The highest BCUT2D eigenvalue weighted by Gasteiger charge is 2.17. The van der Waals surface area contributed by atoms with Crippen LogP contribution in [0.3, 0.4) is 0 Å². The number of nitrogens with one attached hydrogen (secondary N) is 1. The maximum absolute atomic E-state index is 12.1. The molecule has 1 heterocycles. The van der Waals surface area contributed by atoms with Crippen molar-refractivity contribution in [2.75, 3.05) is 0 Å². The molecule has 0 saturated heterocycles. The summed E-state index contributed by atoms with van der Waals surface area (Å²) < 4.78 is 27.5. The van der Waals surface area contributed by atoms with Gasteiger partial charge in [-0.1, -0.05) is 39.7 Å². The molecule has 4 nitrogen and oxygen atoms in total. The van der Waals surface area contributed by atoms with Crippen LogP contribution in [0.15, 0.2) is 52.0 Å². The molecule has 0 aliphatic rings. The molecule has 0 saturated carbocycles. The van der Waals surface area contributed by atoms with Gasteiger partial charge in [0.05, 0.1) is 0 Å². The Labute approximate surface area is 125 Å². The van der Waals surface area contributed by atoms with Crippen molar-refractivity contribution < 1.29 is 8.42 Å². The first-order valence-electron chi connectivity index (χ1n) is 5.34. The summed E-state index contributed by atoms with van der Waals surface area (Å²) in [6.45, 7) is 0.187. The van der Waals surface area contributed by atoms with E-state index in [4.69, 9.17) is 11.6 Å². The number of aromatic nitrogens is 1. The van der Waals surface area contributed by atoms with Gasteiger partial charge in [-0.05, 0) is 29.8 Å². The second-order valence-corrected chi connectivity index (χ2v) is 6.76. The van der Waals surface area contributed by atoms with Crippen molar-refractivity contribution in [3.63, 3.8) is 0 Å². The van der Waals surface area contributed by atoms with Gasteiger partial charge >= 0.3 is 0 Å². The highest BCUT2D eigenvalue weighted by Crippen LogP contribution is 2.18. The minimum absolute atomic E-state index is 0.0216. The van der Waals surface area contributed by atoms with E-state index in [1.54, 1.807) is 0 Å². The normalized spacial score (nSPS) is 11.5. The maximum atomic E-state index is 12.1. The quantitative estimate of drug-likeness (QED) is 0.852. The van der Waals surface area contributed by atoms with Crippen LogP contribution in [0.1, 0.15) is 5.56 Å². The second kappa shape index (κ2) is 6.00. The van der Waals surface area contributed by atoms with E-state index < -0.39 is 10.0 Å². The Balaban J connectivity index is 2.17. The first-order chi connectivity index (χ1) is 8.99. The zero-order chi connectivity index (χ0) is 13.9. The Kier molecular flexibility index (Phi) is 4.57. The number of nitrogens with zero attached hydrogens (tertiary/aromatic N) is 1. The third kappa shape index (κ3) is 3.76. The number of benzene rings is 1. The monoisotopic (exact) mass is 360 g/mol. The molecule has 0 aliphatic carbocycles. The summed E-state index contributed by atoms with van der Waals surface area (Å²) in [5.74, 6) is 0. The minimum Gasteiger partial charge on any atom is -0.243 e. The molecule has 1 aromatic heterocycles. The van der Waals surface area contributed by atoms with Gasteiger partial charge in [-0.2, -0.15) is 0 Å². The Morgan fingerprint density at radius 2 is 2.05 bits per heavy atom. The zero-order valence-electron chi connectivity index (χ0n) is 9.68. The van der Waals surface area contributed by atoms with E-state index in [1.165, 1.54) is 18.3 Å². The summed E-state index contributed by atoms with van der Waals surface area (Å²) in [6, 6.07) is 10.3. The summed E-state index contributed by atoms with van der Waals surface area (Å²) in [4.78, 5) is 3.73. The smallest absolute Gasteiger partial charge is 0.243 e. The molecule has 1 aromatic carbocycles. The third-order valence-corrected chi connectivity index (χ3v) is 4.71. The van der Waals surface area contributed by atoms with E-state index in [0.717, 1.165) is 10.0 Å². The lowest BCUT2D eigenvalue weighted by Gasteiger charge is -2.08. The summed E-state index contributed by atoms with van der Waals surface area (Å²) in [7, 11) is -3.66. The topological polar surface area (TPSA) is 59.1 Å². The molecule has 2 aromatic rings. The molecule has 2 rings (SSSR count). The van der Waals surface area contributed by atoms with Crippen LogP contribution in [0.2, 0.25) is 5.15 Å². The van der Waals surface area contributed by atoms with E-state index >= 15 is 0 Å². The van der Waals surface area contributed by atoms with E-state index in [-0.39, 0.29) is 16.6 Å². The molecule has 0 spiro atoms. The summed E-state index contributed by atoms with van der Waals surface area (Å²) in [6.07, 6.45) is 1.44. The van der Waals surface area contributed by atoms with Crippen molar-refractivity contribution in [3.05, 3.63) is 57.8 Å². The molecule has 100 valence electrons. The van der Waals surface area contributed by atoms with Gasteiger partial charge in [0.1, 0.15) is 10.0 Å². The molecule has 0 aliphatic heterocycles. The lowest BCUT2D eigenvalue weighted by Crippen LogP contribution is -2.23. The molecule has 19 heavy (non-hydrogen) atoms. The van der Waals surface area contributed by atoms with Gasteiger partial charge < -0.3 is 0 Å². The van der Waals surface area contributed by atoms with Gasteiger partial charge in [0.25, 0.3) is 0 Å². The van der Waals surface area contributed by atoms with Gasteiger partial charge in [0.15, 0.2) is 0 Å². The van der Waals surface area contributed by atoms with Crippen molar-refractivity contribution in [2.45, 2.75) is 11.4 Å². The molecule has 0 atom stereocenters. The molecule has 0 amide bonds. The second-order valence-electron chi connectivity index (χ2n) is 3.75. The largest absolute Gasteiger partial charge is 0.243 e. The van der Waals surface area contributed by atoms with Crippen LogP contribution in [-0.4, -0.2) is 13.4 Å². The van der Waals surface area contributed by atoms with Crippen molar-refractivity contribution in [1.82, 2.24) is 9.71 Å². The molecule has 0 bridgehead atoms. The molecule has 0 fully saturated rings. The summed E-state index contributed by atoms with van der Waals surface area (Å²) >= 11 is 9.11. The highest BCUT2D eigenvalue weighted by atomic mass is 79.9. The first-order valence-corrected chi connectivity index (χ1v) is 7.99. The predicted molar refractivity (Wildman–Crippen MR) is 77.4 cm³/mol. The van der Waals surface area contributed by atoms with Crippen molar-refractivity contribution in [2.24, 2.45) is 0 Å². The Morgan fingerprint density at radius 1 is 1.26 bits per heavy atom. The van der Waals surface area contributed by atoms with Gasteiger partial charge in [-0.25, -0.2) is 18.1 Å². The number of sulfonamides is 1. The number of rotatable bonds is 4. The molecule has 0 unspecified atom stereocenters. The van der Waals surface area contributed by atoms with Gasteiger partial charge in [0.2, 0.25) is 10.0 Å². The van der Waals surface area contributed by atoms with E-state index in [2.05, 4.69) is 25.6 Å². The Hall–Kier alpha value is -0.950. The van der Waals surface area contributed by atoms with Crippen molar-refractivity contribution >= 4 is 37.6 Å². The van der Waals surface area contributed by atoms with Crippen LogP contribution in [0.25, 0.3) is 0 Å². The Morgan fingerprint density at radius 3 is 2.74 bits per heavy atom. The summed E-state index contributed by atoms with van der Waals surface area (Å²) in [5.41, 5.74) is 0.845. The average molecular weight is 362 g/mol. The number of pyridine rings is 1. The highest BCUT2D eigenvalue weighted by molar-refractivity contribution is 9.10. The molecule has 1 N–H and O–H groups in total.